The van der Waals surface area contributed by atoms with Crippen LogP contribution in [0.25, 0.3) is 0 Å². The molecular weight excluding hydrogens is 248 g/mol. The number of imidazole rings is 1. The first-order valence-corrected chi connectivity index (χ1v) is 6.73. The van der Waals surface area contributed by atoms with Crippen LogP contribution in [0.3, 0.4) is 0 Å². The lowest BCUT2D eigenvalue weighted by molar-refractivity contribution is 0.0591. The second kappa shape index (κ2) is 6.37. The van der Waals surface area contributed by atoms with Gasteiger partial charge in [0.2, 0.25) is 0 Å². The normalized spacial score (nSPS) is 10.5. The molecule has 0 unspecified atom stereocenters. The number of aldehydes is 1. The van der Waals surface area contributed by atoms with Crippen LogP contribution in [0, 0.1) is 0 Å². The molecule has 0 aliphatic heterocycles. The number of aromatic nitrogens is 2. The van der Waals surface area contributed by atoms with Gasteiger partial charge in [-0.25, -0.2) is 4.98 Å². The number of hydrogen-bond donors (Lipinski definition) is 0. The number of hydrogen-bond acceptors (Lipinski definition) is 4. The molecule has 0 aliphatic carbocycles. The monoisotopic (exact) mass is 262 g/mol. The third-order valence-electron chi connectivity index (χ3n) is 2.46. The highest BCUT2D eigenvalue weighted by atomic mass is 32.2. The molecule has 0 N–H and O–H groups in total. The van der Waals surface area contributed by atoms with Crippen molar-refractivity contribution in [3.05, 3.63) is 47.9 Å². The van der Waals surface area contributed by atoms with Gasteiger partial charge in [0.05, 0.1) is 12.9 Å². The van der Waals surface area contributed by atoms with E-state index in [0.29, 0.717) is 19.0 Å². The fraction of sp³-hybridized carbons (Fsp3) is 0.231. The Morgan fingerprint density at radius 3 is 2.83 bits per heavy atom. The summed E-state index contributed by atoms with van der Waals surface area (Å²) in [6.45, 7) is 0.940. The van der Waals surface area contributed by atoms with Crippen LogP contribution in [0.15, 0.2) is 41.7 Å². The Labute approximate surface area is 110 Å². The molecule has 0 bridgehead atoms. The van der Waals surface area contributed by atoms with Crippen molar-refractivity contribution in [2.45, 2.75) is 18.4 Å². The van der Waals surface area contributed by atoms with E-state index in [1.165, 1.54) is 11.8 Å². The van der Waals surface area contributed by atoms with Crippen LogP contribution in [-0.2, 0) is 18.1 Å². The molecule has 2 rings (SSSR count). The lowest BCUT2D eigenvalue weighted by Gasteiger charge is -2.07. The Balaban J connectivity index is 1.94. The van der Waals surface area contributed by atoms with E-state index < -0.39 is 0 Å². The molecule has 0 atom stereocenters. The maximum Gasteiger partial charge on any atom is 0.171 e. The summed E-state index contributed by atoms with van der Waals surface area (Å²) < 4.78 is 7.43. The highest BCUT2D eigenvalue weighted by Gasteiger charge is 2.08. The molecule has 18 heavy (non-hydrogen) atoms. The molecule has 94 valence electrons. The maximum absolute atomic E-state index is 10.8. The van der Waals surface area contributed by atoms with Gasteiger partial charge in [-0.2, -0.15) is 0 Å². The minimum atomic E-state index is 0.395. The second-order valence-electron chi connectivity index (χ2n) is 3.69. The maximum atomic E-state index is 10.8. The predicted molar refractivity (Wildman–Crippen MR) is 70.6 cm³/mol. The van der Waals surface area contributed by atoms with E-state index in [-0.39, 0.29) is 0 Å². The topological polar surface area (TPSA) is 44.1 Å². The molecule has 0 saturated heterocycles. The number of benzene rings is 1. The number of carbonyl (C=O) groups excluding carboxylic acids is 1. The zero-order chi connectivity index (χ0) is 12.8. The molecule has 0 fully saturated rings. The molecule has 1 heterocycles. The number of thioether (sulfide) groups is 1. The third kappa shape index (κ3) is 3.00. The Hall–Kier alpha value is -1.59. The van der Waals surface area contributed by atoms with Crippen LogP contribution < -0.4 is 0 Å². The van der Waals surface area contributed by atoms with Crippen LogP contribution in [0.5, 0.6) is 0 Å². The van der Waals surface area contributed by atoms with Gasteiger partial charge in [-0.05, 0) is 11.8 Å². The molecule has 0 aliphatic rings. The fourth-order valence-electron chi connectivity index (χ4n) is 1.62. The van der Waals surface area contributed by atoms with Crippen molar-refractivity contribution in [3.63, 3.8) is 0 Å². The van der Waals surface area contributed by atoms with Gasteiger partial charge < -0.3 is 9.30 Å². The summed E-state index contributed by atoms with van der Waals surface area (Å²) in [6, 6.07) is 9.96. The molecule has 1 aromatic carbocycles. The largest absolute Gasteiger partial charge is 0.356 e. The van der Waals surface area contributed by atoms with Crippen LogP contribution in [0.4, 0.5) is 0 Å². The van der Waals surface area contributed by atoms with Crippen molar-refractivity contribution in [1.29, 1.82) is 0 Å². The van der Waals surface area contributed by atoms with E-state index >= 15 is 0 Å². The zero-order valence-electron chi connectivity index (χ0n) is 10.1. The first-order chi connectivity index (χ1) is 8.85. The van der Waals surface area contributed by atoms with Crippen molar-refractivity contribution in [2.24, 2.45) is 0 Å². The number of rotatable bonds is 6. The van der Waals surface area contributed by atoms with Crippen LogP contribution in [-0.4, -0.2) is 22.1 Å². The van der Waals surface area contributed by atoms with Crippen molar-refractivity contribution < 1.29 is 9.53 Å². The summed E-state index contributed by atoms with van der Waals surface area (Å²) in [7, 11) is 0. The van der Waals surface area contributed by atoms with Gasteiger partial charge in [-0.3, -0.25) is 4.79 Å². The molecule has 5 heteroatoms. The Morgan fingerprint density at radius 1 is 1.39 bits per heavy atom. The minimum Gasteiger partial charge on any atom is -0.356 e. The van der Waals surface area contributed by atoms with E-state index in [2.05, 4.69) is 4.98 Å². The van der Waals surface area contributed by atoms with E-state index in [4.69, 9.17) is 4.74 Å². The van der Waals surface area contributed by atoms with Crippen LogP contribution in [0.2, 0.25) is 0 Å². The van der Waals surface area contributed by atoms with Crippen LogP contribution in [0.1, 0.15) is 16.1 Å². The minimum absolute atomic E-state index is 0.395. The van der Waals surface area contributed by atoms with Gasteiger partial charge in [-0.15, -0.1) is 11.8 Å². The average molecular weight is 262 g/mol. The van der Waals surface area contributed by atoms with Gasteiger partial charge in [-0.1, -0.05) is 30.3 Å². The lowest BCUT2D eigenvalue weighted by atomic mass is 10.2. The highest BCUT2D eigenvalue weighted by Crippen LogP contribution is 2.18. The SMILES string of the molecule is CSc1c(C=O)ncn1COCc1ccccc1. The molecule has 2 aromatic rings. The summed E-state index contributed by atoms with van der Waals surface area (Å²) in [5.41, 5.74) is 1.59. The second-order valence-corrected chi connectivity index (χ2v) is 4.48. The molecule has 4 nitrogen and oxygen atoms in total. The first-order valence-electron chi connectivity index (χ1n) is 5.51. The Morgan fingerprint density at radius 2 is 2.17 bits per heavy atom. The Kier molecular flexibility index (Phi) is 4.55. The molecule has 1 aromatic heterocycles. The molecule has 0 spiro atoms. The summed E-state index contributed by atoms with van der Waals surface area (Å²) in [5, 5.41) is 0.832. The fourth-order valence-corrected chi connectivity index (χ4v) is 2.26. The zero-order valence-corrected chi connectivity index (χ0v) is 10.9. The number of carbonyl (C=O) groups is 1. The van der Waals surface area contributed by atoms with Crippen molar-refractivity contribution in [3.8, 4) is 0 Å². The van der Waals surface area contributed by atoms with Gasteiger partial charge >= 0.3 is 0 Å². The van der Waals surface area contributed by atoms with E-state index in [9.17, 15) is 4.79 Å². The van der Waals surface area contributed by atoms with Crippen LogP contribution >= 0.6 is 11.8 Å². The summed E-state index contributed by atoms with van der Waals surface area (Å²) >= 11 is 1.49. The van der Waals surface area contributed by atoms with Crippen molar-refractivity contribution >= 4 is 18.0 Å². The number of nitrogens with zero attached hydrogens (tertiary/aromatic N) is 2. The third-order valence-corrected chi connectivity index (χ3v) is 3.29. The smallest absolute Gasteiger partial charge is 0.171 e. The van der Waals surface area contributed by atoms with Gasteiger partial charge in [0.25, 0.3) is 0 Å². The Bertz CT molecular complexity index is 511. The standard InChI is InChI=1S/C13H14N2O2S/c1-18-13-12(7-16)14-9-15(13)10-17-8-11-5-3-2-4-6-11/h2-7,9H,8,10H2,1H3. The number of ether oxygens (including phenoxy) is 1. The first kappa shape index (κ1) is 12.9. The van der Waals surface area contributed by atoms with Gasteiger partial charge in [0.15, 0.2) is 6.29 Å². The van der Waals surface area contributed by atoms with E-state index in [1.807, 2.05) is 41.2 Å². The average Bonchev–Trinajstić information content (AvgIpc) is 2.82. The van der Waals surface area contributed by atoms with Gasteiger partial charge in [0.1, 0.15) is 17.5 Å². The summed E-state index contributed by atoms with van der Waals surface area (Å²) in [4.78, 5) is 14.8. The summed E-state index contributed by atoms with van der Waals surface area (Å²) in [5.74, 6) is 0. The molecule has 0 saturated carbocycles. The van der Waals surface area contributed by atoms with E-state index in [1.54, 1.807) is 6.33 Å². The van der Waals surface area contributed by atoms with Crippen molar-refractivity contribution in [1.82, 2.24) is 9.55 Å². The van der Waals surface area contributed by atoms with Crippen molar-refractivity contribution in [2.75, 3.05) is 6.26 Å². The predicted octanol–water partition coefficient (Wildman–Crippen LogP) is 2.59. The lowest BCUT2D eigenvalue weighted by Crippen LogP contribution is -2.03. The quantitative estimate of drug-likeness (QED) is 0.593. The molecule has 0 amide bonds. The van der Waals surface area contributed by atoms with E-state index in [0.717, 1.165) is 16.9 Å². The highest BCUT2D eigenvalue weighted by molar-refractivity contribution is 7.98. The molecular formula is C13H14N2O2S. The molecule has 0 radical (unpaired) electrons. The summed E-state index contributed by atoms with van der Waals surface area (Å²) in [6.07, 6.45) is 4.30. The van der Waals surface area contributed by atoms with Gasteiger partial charge in [0, 0.05) is 0 Å².